The van der Waals surface area contributed by atoms with Crippen LogP contribution < -0.4 is 10.6 Å². The first-order valence-electron chi connectivity index (χ1n) is 25.2. The molecule has 1 fully saturated rings. The van der Waals surface area contributed by atoms with E-state index in [9.17, 15) is 14.0 Å². The molecule has 0 aliphatic carbocycles. The highest BCUT2D eigenvalue weighted by Crippen LogP contribution is 2.36. The number of unbranched alkanes of at least 4 members (excludes halogenated alkanes) is 11. The number of hydrogen-bond donors (Lipinski definition) is 2. The standard InChI is InChI=1S/C57H79FN2O7/c1-5-6-7-8-9-10-11-12-13-14-15-25-32-52(64-39-47-28-21-17-22-29-47)55(65-40-48-30-23-18-24-31-48)51(60-54(61)37-59-56(62)49-33-35-50(58)36-34-49)41-66-57-45(4)43(2)44(3)53(67-57)42-63-38-46-26-19-16-20-27-46/h16-24,26-31,33-36,43-45,51-53,55,57H,5-15,25,32,37-42H2,1-4H3,(H,59,62)(H,60,61)/t43-,44+,45?,51-,52+,53?,55-,57-/m0/s1. The minimum absolute atomic E-state index is 0.0431. The second-order valence-corrected chi connectivity index (χ2v) is 18.6. The predicted octanol–water partition coefficient (Wildman–Crippen LogP) is 12.2. The van der Waals surface area contributed by atoms with Crippen LogP contribution in [0.1, 0.15) is 138 Å². The number of rotatable bonds is 32. The van der Waals surface area contributed by atoms with Crippen LogP contribution in [0.3, 0.4) is 0 Å². The van der Waals surface area contributed by atoms with Crippen LogP contribution >= 0.6 is 0 Å². The number of amides is 2. The molecule has 0 radical (unpaired) electrons. The van der Waals surface area contributed by atoms with Crippen molar-refractivity contribution in [1.29, 1.82) is 0 Å². The third-order valence-electron chi connectivity index (χ3n) is 13.4. The number of nitrogens with one attached hydrogen (secondary N) is 2. The average molecular weight is 923 g/mol. The Kier molecular flexibility index (Phi) is 24.6. The molecular formula is C57H79FN2O7. The molecule has 1 saturated heterocycles. The van der Waals surface area contributed by atoms with Crippen LogP contribution in [0.4, 0.5) is 4.39 Å². The van der Waals surface area contributed by atoms with E-state index < -0.39 is 42.2 Å². The predicted molar refractivity (Wildman–Crippen MR) is 265 cm³/mol. The van der Waals surface area contributed by atoms with E-state index in [1.165, 1.54) is 82.1 Å². The van der Waals surface area contributed by atoms with Crippen molar-refractivity contribution in [2.45, 2.75) is 162 Å². The molecule has 9 nitrogen and oxygen atoms in total. The van der Waals surface area contributed by atoms with Gasteiger partial charge in [0.2, 0.25) is 5.91 Å². The molecule has 0 saturated carbocycles. The summed E-state index contributed by atoms with van der Waals surface area (Å²) < 4.78 is 47.2. The van der Waals surface area contributed by atoms with Crippen LogP contribution in [0.15, 0.2) is 115 Å². The highest BCUT2D eigenvalue weighted by atomic mass is 19.1. The van der Waals surface area contributed by atoms with Crippen molar-refractivity contribution in [2.75, 3.05) is 19.8 Å². The fourth-order valence-corrected chi connectivity index (χ4v) is 8.83. The van der Waals surface area contributed by atoms with Crippen molar-refractivity contribution in [1.82, 2.24) is 10.6 Å². The summed E-state index contributed by atoms with van der Waals surface area (Å²) >= 11 is 0. The van der Waals surface area contributed by atoms with Crippen LogP contribution in [0.25, 0.3) is 0 Å². The summed E-state index contributed by atoms with van der Waals surface area (Å²) in [6.45, 7) is 10.2. The topological polar surface area (TPSA) is 104 Å². The number of benzene rings is 4. The summed E-state index contributed by atoms with van der Waals surface area (Å²) in [5, 5.41) is 5.92. The number of carbonyl (C=O) groups is 2. The summed E-state index contributed by atoms with van der Waals surface area (Å²) in [5.74, 6) is -0.824. The summed E-state index contributed by atoms with van der Waals surface area (Å²) in [4.78, 5) is 27.1. The highest BCUT2D eigenvalue weighted by Gasteiger charge is 2.41. The van der Waals surface area contributed by atoms with Crippen LogP contribution in [-0.2, 0) is 48.3 Å². The van der Waals surface area contributed by atoms with Crippen molar-refractivity contribution in [3.05, 3.63) is 143 Å². The maximum absolute atomic E-state index is 14.0. The largest absolute Gasteiger partial charge is 0.374 e. The Morgan fingerprint density at radius 2 is 1.15 bits per heavy atom. The minimum atomic E-state index is -0.699. The molecule has 8 atom stereocenters. The first-order chi connectivity index (χ1) is 32.7. The van der Waals surface area contributed by atoms with Crippen LogP contribution in [-0.4, -0.2) is 62.2 Å². The summed E-state index contributed by atoms with van der Waals surface area (Å²) in [5.41, 5.74) is 3.38. The van der Waals surface area contributed by atoms with Gasteiger partial charge in [0.15, 0.2) is 6.29 Å². The maximum Gasteiger partial charge on any atom is 0.251 e. The Morgan fingerprint density at radius 3 is 1.72 bits per heavy atom. The first kappa shape index (κ1) is 53.5. The Balaban J connectivity index is 1.34. The highest BCUT2D eigenvalue weighted by molar-refractivity contribution is 5.96. The average Bonchev–Trinajstić information content (AvgIpc) is 3.35. The van der Waals surface area contributed by atoms with Gasteiger partial charge < -0.3 is 34.3 Å². The molecule has 2 unspecified atom stereocenters. The SMILES string of the molecule is CCCCCCCCCCCCCC[C@@H](OCc1ccccc1)[C@@H](OCc1ccccc1)[C@H](CO[C@H]1OC(COCc2ccccc2)[C@H](C)[C@H](C)C1C)NC(=O)CNC(=O)c1ccc(F)cc1. The lowest BCUT2D eigenvalue weighted by Gasteiger charge is -2.44. The first-order valence-corrected chi connectivity index (χ1v) is 25.2. The molecule has 1 aliphatic rings. The van der Waals surface area contributed by atoms with Crippen LogP contribution in [0.2, 0.25) is 0 Å². The van der Waals surface area contributed by atoms with Crippen molar-refractivity contribution in [3.8, 4) is 0 Å². The van der Waals surface area contributed by atoms with E-state index in [1.807, 2.05) is 66.7 Å². The molecule has 4 aromatic rings. The minimum Gasteiger partial charge on any atom is -0.374 e. The van der Waals surface area contributed by atoms with E-state index >= 15 is 0 Å². The van der Waals surface area contributed by atoms with E-state index in [0.29, 0.717) is 26.2 Å². The Bertz CT molecular complexity index is 1920. The summed E-state index contributed by atoms with van der Waals surface area (Å²) in [7, 11) is 0. The van der Waals surface area contributed by atoms with Gasteiger partial charge in [-0.25, -0.2) is 4.39 Å². The Labute approximate surface area is 401 Å². The van der Waals surface area contributed by atoms with Gasteiger partial charge in [0.05, 0.1) is 57.8 Å². The Morgan fingerprint density at radius 1 is 0.627 bits per heavy atom. The third-order valence-corrected chi connectivity index (χ3v) is 13.4. The molecule has 67 heavy (non-hydrogen) atoms. The molecule has 1 aliphatic heterocycles. The van der Waals surface area contributed by atoms with Gasteiger partial charge in [0.25, 0.3) is 5.91 Å². The van der Waals surface area contributed by atoms with Gasteiger partial charge in [-0.1, -0.05) is 196 Å². The van der Waals surface area contributed by atoms with Crippen molar-refractivity contribution in [3.63, 3.8) is 0 Å². The van der Waals surface area contributed by atoms with Gasteiger partial charge in [-0.3, -0.25) is 9.59 Å². The van der Waals surface area contributed by atoms with Gasteiger partial charge >= 0.3 is 0 Å². The molecule has 5 rings (SSSR count). The van der Waals surface area contributed by atoms with Gasteiger partial charge in [-0.05, 0) is 59.2 Å². The van der Waals surface area contributed by atoms with Gasteiger partial charge in [0, 0.05) is 11.5 Å². The molecule has 1 heterocycles. The summed E-state index contributed by atoms with van der Waals surface area (Å²) in [6.07, 6.45) is 13.7. The number of halogens is 1. The van der Waals surface area contributed by atoms with Gasteiger partial charge in [0.1, 0.15) is 11.9 Å². The molecule has 0 spiro atoms. The lowest BCUT2D eigenvalue weighted by atomic mass is 9.79. The number of hydrogen-bond acceptors (Lipinski definition) is 7. The second kappa shape index (κ2) is 30.8. The molecule has 2 amide bonds. The van der Waals surface area contributed by atoms with E-state index in [2.05, 4.69) is 62.6 Å². The third kappa shape index (κ3) is 19.6. The summed E-state index contributed by atoms with van der Waals surface area (Å²) in [6, 6.07) is 34.8. The fraction of sp³-hybridized carbons (Fsp3) is 0.544. The Hall–Kier alpha value is -4.45. The molecule has 366 valence electrons. The maximum atomic E-state index is 14.0. The molecular weight excluding hydrogens is 844 g/mol. The fourth-order valence-electron chi connectivity index (χ4n) is 8.83. The van der Waals surface area contributed by atoms with Crippen LogP contribution in [0, 0.1) is 23.6 Å². The van der Waals surface area contributed by atoms with E-state index in [-0.39, 0.29) is 49.2 Å². The normalized spacial score (nSPS) is 19.6. The van der Waals surface area contributed by atoms with Gasteiger partial charge in [-0.15, -0.1) is 0 Å². The van der Waals surface area contributed by atoms with E-state index in [0.717, 1.165) is 36.0 Å². The van der Waals surface area contributed by atoms with Crippen LogP contribution in [0.5, 0.6) is 0 Å². The van der Waals surface area contributed by atoms with E-state index in [4.69, 9.17) is 23.7 Å². The van der Waals surface area contributed by atoms with E-state index in [1.54, 1.807) is 0 Å². The molecule has 0 bridgehead atoms. The smallest absolute Gasteiger partial charge is 0.251 e. The number of ether oxygens (including phenoxy) is 5. The van der Waals surface area contributed by atoms with Crippen molar-refractivity contribution < 1.29 is 37.7 Å². The zero-order chi connectivity index (χ0) is 47.5. The van der Waals surface area contributed by atoms with Crippen molar-refractivity contribution in [2.24, 2.45) is 17.8 Å². The monoisotopic (exact) mass is 923 g/mol. The van der Waals surface area contributed by atoms with Crippen molar-refractivity contribution >= 4 is 11.8 Å². The van der Waals surface area contributed by atoms with Gasteiger partial charge in [-0.2, -0.15) is 0 Å². The molecule has 0 aromatic heterocycles. The molecule has 4 aromatic carbocycles. The molecule has 2 N–H and O–H groups in total. The lowest BCUT2D eigenvalue weighted by molar-refractivity contribution is -0.262. The molecule has 10 heteroatoms. The quantitative estimate of drug-likeness (QED) is 0.0470. The zero-order valence-corrected chi connectivity index (χ0v) is 40.8. The number of carbonyl (C=O) groups excluding carboxylic acids is 2. The second-order valence-electron chi connectivity index (χ2n) is 18.6. The zero-order valence-electron chi connectivity index (χ0n) is 40.8. The lowest BCUT2D eigenvalue weighted by Crippen LogP contribution is -2.56.